The van der Waals surface area contributed by atoms with Crippen molar-refractivity contribution >= 4 is 6.01 Å². The van der Waals surface area contributed by atoms with E-state index in [1.54, 1.807) is 19.4 Å². The standard InChI is InChI=1S/C14H15N5O/c1-11-17-18-14(20-11)16-13(9-19-8-7-15-10-19)12-5-3-2-4-6-12/h2-8,10,13H,9H2,1H3,(H,16,18). The van der Waals surface area contributed by atoms with Crippen molar-refractivity contribution in [2.45, 2.75) is 19.5 Å². The van der Waals surface area contributed by atoms with E-state index in [0.29, 0.717) is 11.9 Å². The smallest absolute Gasteiger partial charge is 0.316 e. The molecule has 0 spiro atoms. The second kappa shape index (κ2) is 5.56. The SMILES string of the molecule is Cc1nnc(NC(Cn2ccnc2)c2ccccc2)o1. The zero-order valence-electron chi connectivity index (χ0n) is 11.1. The van der Waals surface area contributed by atoms with Crippen molar-refractivity contribution in [2.24, 2.45) is 0 Å². The molecular weight excluding hydrogens is 254 g/mol. The maximum atomic E-state index is 5.40. The van der Waals surface area contributed by atoms with Gasteiger partial charge < -0.3 is 14.3 Å². The van der Waals surface area contributed by atoms with Crippen molar-refractivity contribution in [3.8, 4) is 0 Å². The molecule has 6 nitrogen and oxygen atoms in total. The summed E-state index contributed by atoms with van der Waals surface area (Å²) in [6.07, 6.45) is 5.48. The summed E-state index contributed by atoms with van der Waals surface area (Å²) in [7, 11) is 0. The molecule has 0 aliphatic carbocycles. The largest absolute Gasteiger partial charge is 0.408 e. The van der Waals surface area contributed by atoms with Crippen LogP contribution in [-0.2, 0) is 6.54 Å². The fourth-order valence-electron chi connectivity index (χ4n) is 2.03. The van der Waals surface area contributed by atoms with Crippen LogP contribution in [0, 0.1) is 6.92 Å². The van der Waals surface area contributed by atoms with Gasteiger partial charge in [0.2, 0.25) is 5.89 Å². The molecule has 0 aliphatic rings. The van der Waals surface area contributed by atoms with E-state index in [9.17, 15) is 0 Å². The van der Waals surface area contributed by atoms with Gasteiger partial charge in [0.1, 0.15) is 0 Å². The first-order chi connectivity index (χ1) is 9.81. The van der Waals surface area contributed by atoms with Crippen LogP contribution in [0.2, 0.25) is 0 Å². The molecule has 1 N–H and O–H groups in total. The molecule has 102 valence electrons. The summed E-state index contributed by atoms with van der Waals surface area (Å²) in [4.78, 5) is 4.06. The van der Waals surface area contributed by atoms with Gasteiger partial charge in [-0.25, -0.2) is 4.98 Å². The quantitative estimate of drug-likeness (QED) is 0.770. The fourth-order valence-corrected chi connectivity index (χ4v) is 2.03. The number of aromatic nitrogens is 4. The van der Waals surface area contributed by atoms with Gasteiger partial charge >= 0.3 is 6.01 Å². The molecule has 1 atom stereocenters. The number of benzene rings is 1. The zero-order valence-corrected chi connectivity index (χ0v) is 11.1. The van der Waals surface area contributed by atoms with Gasteiger partial charge in [-0.05, 0) is 5.56 Å². The van der Waals surface area contributed by atoms with Crippen molar-refractivity contribution in [1.29, 1.82) is 0 Å². The summed E-state index contributed by atoms with van der Waals surface area (Å²) in [5.41, 5.74) is 1.15. The van der Waals surface area contributed by atoms with Gasteiger partial charge in [-0.15, -0.1) is 5.10 Å². The van der Waals surface area contributed by atoms with Gasteiger partial charge in [-0.2, -0.15) is 0 Å². The van der Waals surface area contributed by atoms with Crippen LogP contribution in [0.15, 0.2) is 53.5 Å². The van der Waals surface area contributed by atoms with E-state index >= 15 is 0 Å². The van der Waals surface area contributed by atoms with Gasteiger partial charge in [0, 0.05) is 25.9 Å². The Bertz CT molecular complexity index is 647. The normalized spacial score (nSPS) is 12.2. The molecule has 0 saturated carbocycles. The van der Waals surface area contributed by atoms with Crippen LogP contribution in [-0.4, -0.2) is 19.7 Å². The summed E-state index contributed by atoms with van der Waals surface area (Å²) in [5, 5.41) is 11.1. The molecule has 0 aliphatic heterocycles. The van der Waals surface area contributed by atoms with Crippen molar-refractivity contribution in [3.05, 3.63) is 60.5 Å². The van der Waals surface area contributed by atoms with Gasteiger partial charge in [-0.1, -0.05) is 35.4 Å². The van der Waals surface area contributed by atoms with Crippen LogP contribution in [0.5, 0.6) is 0 Å². The Kier molecular flexibility index (Phi) is 3.45. The lowest BCUT2D eigenvalue weighted by molar-refractivity contribution is 0.511. The molecule has 3 rings (SSSR count). The highest BCUT2D eigenvalue weighted by Gasteiger charge is 2.14. The van der Waals surface area contributed by atoms with Gasteiger partial charge in [0.15, 0.2) is 0 Å². The average molecular weight is 269 g/mol. The summed E-state index contributed by atoms with van der Waals surface area (Å²) < 4.78 is 7.40. The predicted octanol–water partition coefficient (Wildman–Crippen LogP) is 2.43. The lowest BCUT2D eigenvalue weighted by Crippen LogP contribution is -2.17. The molecule has 2 aromatic heterocycles. The third-order valence-corrected chi connectivity index (χ3v) is 2.98. The first-order valence-electron chi connectivity index (χ1n) is 6.38. The first kappa shape index (κ1) is 12.4. The highest BCUT2D eigenvalue weighted by molar-refractivity contribution is 5.29. The van der Waals surface area contributed by atoms with Crippen molar-refractivity contribution in [2.75, 3.05) is 5.32 Å². The van der Waals surface area contributed by atoms with Crippen LogP contribution in [0.3, 0.4) is 0 Å². The fraction of sp³-hybridized carbons (Fsp3) is 0.214. The van der Waals surface area contributed by atoms with E-state index in [2.05, 4.69) is 32.6 Å². The molecule has 0 bridgehead atoms. The number of anilines is 1. The van der Waals surface area contributed by atoms with E-state index in [1.807, 2.05) is 29.0 Å². The van der Waals surface area contributed by atoms with Crippen molar-refractivity contribution < 1.29 is 4.42 Å². The molecule has 1 unspecified atom stereocenters. The summed E-state index contributed by atoms with van der Waals surface area (Å²) in [6.45, 7) is 2.50. The molecule has 1 aromatic carbocycles. The third-order valence-electron chi connectivity index (χ3n) is 2.98. The van der Waals surface area contributed by atoms with Crippen LogP contribution < -0.4 is 5.32 Å². The van der Waals surface area contributed by atoms with Crippen molar-refractivity contribution in [3.63, 3.8) is 0 Å². The first-order valence-corrected chi connectivity index (χ1v) is 6.38. The second-order valence-corrected chi connectivity index (χ2v) is 4.49. The monoisotopic (exact) mass is 269 g/mol. The predicted molar refractivity (Wildman–Crippen MR) is 74.1 cm³/mol. The minimum atomic E-state index is 0.0326. The lowest BCUT2D eigenvalue weighted by Gasteiger charge is -2.18. The van der Waals surface area contributed by atoms with E-state index in [0.717, 1.165) is 12.1 Å². The van der Waals surface area contributed by atoms with E-state index in [-0.39, 0.29) is 6.04 Å². The number of imidazole rings is 1. The van der Waals surface area contributed by atoms with Crippen LogP contribution in [0.25, 0.3) is 0 Å². The minimum absolute atomic E-state index is 0.0326. The number of hydrogen-bond acceptors (Lipinski definition) is 5. The van der Waals surface area contributed by atoms with Crippen LogP contribution in [0.4, 0.5) is 6.01 Å². The topological polar surface area (TPSA) is 68.8 Å². The zero-order chi connectivity index (χ0) is 13.8. The lowest BCUT2D eigenvalue weighted by atomic mass is 10.1. The molecule has 20 heavy (non-hydrogen) atoms. The summed E-state index contributed by atoms with van der Waals surface area (Å²) in [5.74, 6) is 0.543. The molecule has 0 radical (unpaired) electrons. The summed E-state index contributed by atoms with van der Waals surface area (Å²) >= 11 is 0. The van der Waals surface area contributed by atoms with E-state index in [4.69, 9.17) is 4.42 Å². The van der Waals surface area contributed by atoms with Gasteiger partial charge in [-0.3, -0.25) is 0 Å². The maximum absolute atomic E-state index is 5.40. The Hall–Kier alpha value is -2.63. The molecular formula is C14H15N5O. The summed E-state index contributed by atoms with van der Waals surface area (Å²) in [6, 6.07) is 10.6. The highest BCUT2D eigenvalue weighted by atomic mass is 16.4. The third kappa shape index (κ3) is 2.85. The molecule has 6 heteroatoms. The Morgan fingerprint density at radius 1 is 1.25 bits per heavy atom. The maximum Gasteiger partial charge on any atom is 0.316 e. The number of rotatable bonds is 5. The Labute approximate surface area is 116 Å². The van der Waals surface area contributed by atoms with Crippen LogP contribution in [0.1, 0.15) is 17.5 Å². The Balaban J connectivity index is 1.83. The van der Waals surface area contributed by atoms with Gasteiger partial charge in [0.05, 0.1) is 12.4 Å². The average Bonchev–Trinajstić information content (AvgIpc) is 3.11. The molecule has 0 fully saturated rings. The molecule has 2 heterocycles. The van der Waals surface area contributed by atoms with Crippen molar-refractivity contribution in [1.82, 2.24) is 19.7 Å². The number of aryl methyl sites for hydroxylation is 1. The van der Waals surface area contributed by atoms with E-state index in [1.165, 1.54) is 0 Å². The van der Waals surface area contributed by atoms with E-state index < -0.39 is 0 Å². The van der Waals surface area contributed by atoms with Crippen LogP contribution >= 0.6 is 0 Å². The van der Waals surface area contributed by atoms with Gasteiger partial charge in [0.25, 0.3) is 0 Å². The highest BCUT2D eigenvalue weighted by Crippen LogP contribution is 2.20. The Morgan fingerprint density at radius 3 is 2.75 bits per heavy atom. The number of hydrogen-bond donors (Lipinski definition) is 1. The minimum Gasteiger partial charge on any atom is -0.408 e. The second-order valence-electron chi connectivity index (χ2n) is 4.49. The number of nitrogens with one attached hydrogen (secondary N) is 1. The Morgan fingerprint density at radius 2 is 2.10 bits per heavy atom. The molecule has 0 amide bonds. The number of nitrogens with zero attached hydrogens (tertiary/aromatic N) is 4. The molecule has 3 aromatic rings. The molecule has 0 saturated heterocycles.